The van der Waals surface area contributed by atoms with Crippen molar-refractivity contribution < 1.29 is 4.79 Å². The number of carbonyl (C=O) groups is 1. The Bertz CT molecular complexity index is 1040. The molecule has 0 saturated carbocycles. The van der Waals surface area contributed by atoms with Gasteiger partial charge in [0.25, 0.3) is 5.91 Å². The first-order chi connectivity index (χ1) is 14.8. The van der Waals surface area contributed by atoms with E-state index < -0.39 is 0 Å². The largest absolute Gasteiger partial charge is 0.372 e. The average Bonchev–Trinajstić information content (AvgIpc) is 3.34. The van der Waals surface area contributed by atoms with Gasteiger partial charge in [0, 0.05) is 42.9 Å². The van der Waals surface area contributed by atoms with Crippen LogP contribution in [0.3, 0.4) is 0 Å². The van der Waals surface area contributed by atoms with E-state index in [0.717, 1.165) is 43.9 Å². The lowest BCUT2D eigenvalue weighted by atomic mass is 10.0. The molecule has 0 unspecified atom stereocenters. The zero-order chi connectivity index (χ0) is 20.3. The number of rotatable bonds is 4. The van der Waals surface area contributed by atoms with Gasteiger partial charge < -0.3 is 15.1 Å². The van der Waals surface area contributed by atoms with Gasteiger partial charge in [0.1, 0.15) is 5.69 Å². The highest BCUT2D eigenvalue weighted by Crippen LogP contribution is 2.31. The van der Waals surface area contributed by atoms with E-state index in [2.05, 4.69) is 55.4 Å². The minimum Gasteiger partial charge on any atom is -0.372 e. The maximum absolute atomic E-state index is 12.8. The Kier molecular flexibility index (Phi) is 5.05. The van der Waals surface area contributed by atoms with E-state index in [0.29, 0.717) is 11.6 Å². The molecule has 152 valence electrons. The topological polar surface area (TPSA) is 61.4 Å². The highest BCUT2D eigenvalue weighted by atomic mass is 16.1. The van der Waals surface area contributed by atoms with E-state index in [4.69, 9.17) is 0 Å². The fourth-order valence-corrected chi connectivity index (χ4v) is 4.27. The molecule has 0 bridgehead atoms. The SMILES string of the molecule is O=C(Nc1ccc(N2CCCC2)cc1)c1ccnc(N2CCCc3ccccc32)n1. The highest BCUT2D eigenvalue weighted by molar-refractivity contribution is 6.03. The standard InChI is InChI=1S/C24H25N5O/c30-23(26-19-9-11-20(12-10-19)28-15-3-4-16-28)21-13-14-25-24(27-21)29-17-5-7-18-6-1-2-8-22(18)29/h1-2,6,8-14H,3-5,7,15-17H2,(H,26,30). The fraction of sp³-hybridized carbons (Fsp3) is 0.292. The summed E-state index contributed by atoms with van der Waals surface area (Å²) in [6.45, 7) is 3.06. The Morgan fingerprint density at radius 2 is 1.70 bits per heavy atom. The van der Waals surface area contributed by atoms with Crippen molar-refractivity contribution in [3.63, 3.8) is 0 Å². The predicted octanol–water partition coefficient (Wildman–Crippen LogP) is 4.41. The maximum atomic E-state index is 12.8. The van der Waals surface area contributed by atoms with Crippen molar-refractivity contribution in [1.82, 2.24) is 9.97 Å². The zero-order valence-electron chi connectivity index (χ0n) is 16.9. The number of carbonyl (C=O) groups excluding carboxylic acids is 1. The van der Waals surface area contributed by atoms with Gasteiger partial charge in [-0.25, -0.2) is 9.97 Å². The third-order valence-electron chi connectivity index (χ3n) is 5.82. The molecule has 1 fully saturated rings. The van der Waals surface area contributed by atoms with Crippen LogP contribution in [-0.2, 0) is 6.42 Å². The van der Waals surface area contributed by atoms with Crippen molar-refractivity contribution in [3.8, 4) is 0 Å². The van der Waals surface area contributed by atoms with Crippen molar-refractivity contribution in [3.05, 3.63) is 72.1 Å². The molecule has 1 amide bonds. The Morgan fingerprint density at radius 1 is 0.900 bits per heavy atom. The molecule has 0 spiro atoms. The van der Waals surface area contributed by atoms with Crippen LogP contribution in [0, 0.1) is 0 Å². The molecular formula is C24H25N5O. The van der Waals surface area contributed by atoms with Crippen LogP contribution in [-0.4, -0.2) is 35.5 Å². The van der Waals surface area contributed by atoms with E-state index >= 15 is 0 Å². The maximum Gasteiger partial charge on any atom is 0.274 e. The summed E-state index contributed by atoms with van der Waals surface area (Å²) in [6.07, 6.45) is 6.25. The van der Waals surface area contributed by atoms with E-state index in [1.54, 1.807) is 12.3 Å². The number of fused-ring (bicyclic) bond motifs is 1. The fourth-order valence-electron chi connectivity index (χ4n) is 4.27. The Hall–Kier alpha value is -3.41. The first kappa shape index (κ1) is 18.6. The molecule has 3 heterocycles. The lowest BCUT2D eigenvalue weighted by Crippen LogP contribution is -2.27. The summed E-state index contributed by atoms with van der Waals surface area (Å²) in [7, 11) is 0. The van der Waals surface area contributed by atoms with Crippen LogP contribution in [0.1, 0.15) is 35.3 Å². The van der Waals surface area contributed by atoms with Crippen LogP contribution in [0.25, 0.3) is 0 Å². The number of amides is 1. The van der Waals surface area contributed by atoms with Crippen molar-refractivity contribution in [2.75, 3.05) is 34.8 Å². The minimum atomic E-state index is -0.224. The first-order valence-corrected chi connectivity index (χ1v) is 10.6. The molecule has 6 nitrogen and oxygen atoms in total. The predicted molar refractivity (Wildman–Crippen MR) is 120 cm³/mol. The number of nitrogens with zero attached hydrogens (tertiary/aromatic N) is 4. The minimum absolute atomic E-state index is 0.224. The molecule has 3 aromatic rings. The molecule has 2 aliphatic heterocycles. The molecule has 0 aliphatic carbocycles. The smallest absolute Gasteiger partial charge is 0.274 e. The second kappa shape index (κ2) is 8.14. The van der Waals surface area contributed by atoms with E-state index in [-0.39, 0.29) is 5.91 Å². The summed E-state index contributed by atoms with van der Waals surface area (Å²) in [5.74, 6) is 0.344. The molecule has 0 radical (unpaired) electrons. The van der Waals surface area contributed by atoms with E-state index in [9.17, 15) is 4.79 Å². The van der Waals surface area contributed by atoms with Gasteiger partial charge in [0.05, 0.1) is 0 Å². The number of anilines is 4. The zero-order valence-corrected chi connectivity index (χ0v) is 16.9. The van der Waals surface area contributed by atoms with Gasteiger partial charge in [-0.3, -0.25) is 4.79 Å². The summed E-state index contributed by atoms with van der Waals surface area (Å²) in [4.78, 5) is 26.3. The number of nitrogens with one attached hydrogen (secondary N) is 1. The third-order valence-corrected chi connectivity index (χ3v) is 5.82. The Labute approximate surface area is 176 Å². The summed E-state index contributed by atoms with van der Waals surface area (Å²) >= 11 is 0. The number of aryl methyl sites for hydroxylation is 1. The average molecular weight is 399 g/mol. The number of benzene rings is 2. The monoisotopic (exact) mass is 399 g/mol. The van der Waals surface area contributed by atoms with Crippen molar-refractivity contribution in [1.29, 1.82) is 0 Å². The van der Waals surface area contributed by atoms with E-state index in [1.807, 2.05) is 18.2 Å². The van der Waals surface area contributed by atoms with Crippen LogP contribution in [0.5, 0.6) is 0 Å². The third kappa shape index (κ3) is 3.73. The molecule has 1 N–H and O–H groups in total. The van der Waals surface area contributed by atoms with Crippen LogP contribution < -0.4 is 15.1 Å². The van der Waals surface area contributed by atoms with Crippen molar-refractivity contribution in [2.45, 2.75) is 25.7 Å². The molecule has 2 aromatic carbocycles. The van der Waals surface area contributed by atoms with Crippen molar-refractivity contribution >= 4 is 28.9 Å². The normalized spacial score (nSPS) is 15.7. The van der Waals surface area contributed by atoms with E-state index in [1.165, 1.54) is 24.1 Å². The number of para-hydroxylation sites is 1. The van der Waals surface area contributed by atoms with Gasteiger partial charge in [-0.2, -0.15) is 0 Å². The van der Waals surface area contributed by atoms with Crippen molar-refractivity contribution in [2.24, 2.45) is 0 Å². The van der Waals surface area contributed by atoms with Gasteiger partial charge in [-0.05, 0) is 67.6 Å². The Morgan fingerprint density at radius 3 is 2.53 bits per heavy atom. The number of hydrogen-bond acceptors (Lipinski definition) is 5. The lowest BCUT2D eigenvalue weighted by Gasteiger charge is -2.29. The highest BCUT2D eigenvalue weighted by Gasteiger charge is 2.21. The van der Waals surface area contributed by atoms with Gasteiger partial charge in [-0.15, -0.1) is 0 Å². The summed E-state index contributed by atoms with van der Waals surface area (Å²) in [5, 5.41) is 2.96. The molecule has 0 atom stereocenters. The molecule has 30 heavy (non-hydrogen) atoms. The van der Waals surface area contributed by atoms with Gasteiger partial charge in [0.15, 0.2) is 0 Å². The second-order valence-corrected chi connectivity index (χ2v) is 7.82. The molecule has 6 heteroatoms. The summed E-state index contributed by atoms with van der Waals surface area (Å²) < 4.78 is 0. The van der Waals surface area contributed by atoms with Crippen LogP contribution in [0.4, 0.5) is 23.0 Å². The van der Waals surface area contributed by atoms with Crippen LogP contribution in [0.2, 0.25) is 0 Å². The molecule has 2 aliphatic rings. The molecular weight excluding hydrogens is 374 g/mol. The van der Waals surface area contributed by atoms with Gasteiger partial charge in [-0.1, -0.05) is 18.2 Å². The molecule has 5 rings (SSSR count). The van der Waals surface area contributed by atoms with Gasteiger partial charge in [0.2, 0.25) is 5.95 Å². The molecule has 1 aromatic heterocycles. The molecule has 1 saturated heterocycles. The first-order valence-electron chi connectivity index (χ1n) is 10.6. The van der Waals surface area contributed by atoms with Crippen LogP contribution >= 0.6 is 0 Å². The van der Waals surface area contributed by atoms with Gasteiger partial charge >= 0.3 is 0 Å². The summed E-state index contributed by atoms with van der Waals surface area (Å²) in [6, 6.07) is 18.0. The number of aromatic nitrogens is 2. The number of hydrogen-bond donors (Lipinski definition) is 1. The second-order valence-electron chi connectivity index (χ2n) is 7.82. The quantitative estimate of drug-likeness (QED) is 0.704. The van der Waals surface area contributed by atoms with Crippen LogP contribution in [0.15, 0.2) is 60.8 Å². The Balaban J connectivity index is 1.32. The summed E-state index contributed by atoms with van der Waals surface area (Å²) in [5.41, 5.74) is 4.76. The lowest BCUT2D eigenvalue weighted by molar-refractivity contribution is 0.102.